The second kappa shape index (κ2) is 5.96. The predicted molar refractivity (Wildman–Crippen MR) is 49.7 cm³/mol. The standard InChI is InChI=1S/C9H18O4/c1-5-7(11)9(13-4)8(12-3)6(2)10/h5-6,8-11H,1-4H3/b7-5+. The van der Waals surface area contributed by atoms with Gasteiger partial charge >= 0.3 is 0 Å². The summed E-state index contributed by atoms with van der Waals surface area (Å²) in [6, 6.07) is 0. The molecule has 0 aromatic carbocycles. The fraction of sp³-hybridized carbons (Fsp3) is 0.778. The quantitative estimate of drug-likeness (QED) is 0.631. The van der Waals surface area contributed by atoms with Crippen molar-refractivity contribution in [3.8, 4) is 0 Å². The van der Waals surface area contributed by atoms with Gasteiger partial charge in [0.05, 0.1) is 6.10 Å². The van der Waals surface area contributed by atoms with Gasteiger partial charge in [-0.25, -0.2) is 0 Å². The number of rotatable bonds is 5. The van der Waals surface area contributed by atoms with Gasteiger partial charge in [0.1, 0.15) is 18.0 Å². The zero-order valence-electron chi connectivity index (χ0n) is 8.52. The Balaban J connectivity index is 4.52. The number of aliphatic hydroxyl groups is 2. The van der Waals surface area contributed by atoms with Crippen LogP contribution >= 0.6 is 0 Å². The van der Waals surface area contributed by atoms with Crippen LogP contribution in [0.3, 0.4) is 0 Å². The van der Waals surface area contributed by atoms with Crippen LogP contribution in [0.2, 0.25) is 0 Å². The number of allylic oxidation sites excluding steroid dienone is 1. The molecule has 13 heavy (non-hydrogen) atoms. The minimum Gasteiger partial charge on any atom is -0.510 e. The summed E-state index contributed by atoms with van der Waals surface area (Å²) in [6.07, 6.45) is -0.351. The fourth-order valence-corrected chi connectivity index (χ4v) is 1.16. The third-order valence-electron chi connectivity index (χ3n) is 1.89. The molecule has 4 nitrogen and oxygen atoms in total. The van der Waals surface area contributed by atoms with E-state index in [4.69, 9.17) is 9.47 Å². The third kappa shape index (κ3) is 3.34. The summed E-state index contributed by atoms with van der Waals surface area (Å²) in [5, 5.41) is 18.7. The normalized spacial score (nSPS) is 19.6. The topological polar surface area (TPSA) is 58.9 Å². The molecular formula is C9H18O4. The van der Waals surface area contributed by atoms with Gasteiger partial charge in [0.2, 0.25) is 0 Å². The van der Waals surface area contributed by atoms with Crippen molar-refractivity contribution in [3.63, 3.8) is 0 Å². The van der Waals surface area contributed by atoms with E-state index in [1.54, 1.807) is 13.8 Å². The molecule has 0 aromatic heterocycles. The van der Waals surface area contributed by atoms with Crippen LogP contribution in [-0.4, -0.2) is 42.7 Å². The van der Waals surface area contributed by atoms with Crippen LogP contribution < -0.4 is 0 Å². The van der Waals surface area contributed by atoms with Crippen LogP contribution in [0, 0.1) is 0 Å². The molecule has 0 spiro atoms. The van der Waals surface area contributed by atoms with Gasteiger partial charge in [-0.3, -0.25) is 0 Å². The van der Waals surface area contributed by atoms with Gasteiger partial charge in [0.15, 0.2) is 0 Å². The number of methoxy groups -OCH3 is 2. The summed E-state index contributed by atoms with van der Waals surface area (Å²) in [7, 11) is 2.92. The lowest BCUT2D eigenvalue weighted by Crippen LogP contribution is -2.39. The van der Waals surface area contributed by atoms with Gasteiger partial charge in [0.25, 0.3) is 0 Å². The summed E-state index contributed by atoms with van der Waals surface area (Å²) in [4.78, 5) is 0. The van der Waals surface area contributed by atoms with E-state index in [1.165, 1.54) is 20.3 Å². The average molecular weight is 190 g/mol. The van der Waals surface area contributed by atoms with E-state index >= 15 is 0 Å². The predicted octanol–water partition coefficient (Wildman–Crippen LogP) is 0.859. The van der Waals surface area contributed by atoms with Crippen molar-refractivity contribution in [2.75, 3.05) is 14.2 Å². The SMILES string of the molecule is C/C=C(/O)C(OC)C(OC)C(C)O. The van der Waals surface area contributed by atoms with Crippen LogP contribution in [-0.2, 0) is 9.47 Å². The number of ether oxygens (including phenoxy) is 2. The molecule has 0 aromatic rings. The van der Waals surface area contributed by atoms with E-state index in [-0.39, 0.29) is 5.76 Å². The monoisotopic (exact) mass is 190 g/mol. The summed E-state index contributed by atoms with van der Waals surface area (Å²) in [6.45, 7) is 3.28. The Bertz CT molecular complexity index is 165. The molecule has 0 saturated carbocycles. The molecule has 0 bridgehead atoms. The first-order chi connectivity index (χ1) is 6.08. The number of aliphatic hydroxyl groups excluding tert-OH is 2. The Kier molecular flexibility index (Phi) is 5.70. The van der Waals surface area contributed by atoms with Crippen molar-refractivity contribution in [2.24, 2.45) is 0 Å². The van der Waals surface area contributed by atoms with Gasteiger partial charge in [-0.2, -0.15) is 0 Å². The van der Waals surface area contributed by atoms with Gasteiger partial charge in [-0.1, -0.05) is 0 Å². The number of hydrogen-bond donors (Lipinski definition) is 2. The highest BCUT2D eigenvalue weighted by atomic mass is 16.5. The highest BCUT2D eigenvalue weighted by Crippen LogP contribution is 2.13. The molecule has 4 heteroatoms. The molecule has 2 N–H and O–H groups in total. The lowest BCUT2D eigenvalue weighted by molar-refractivity contribution is -0.0868. The van der Waals surface area contributed by atoms with E-state index in [9.17, 15) is 10.2 Å². The Labute approximate surface area is 78.8 Å². The van der Waals surface area contributed by atoms with E-state index in [2.05, 4.69) is 0 Å². The van der Waals surface area contributed by atoms with Gasteiger partial charge in [-0.15, -0.1) is 0 Å². The van der Waals surface area contributed by atoms with Gasteiger partial charge in [0, 0.05) is 14.2 Å². The second-order valence-electron chi connectivity index (χ2n) is 2.81. The Hall–Kier alpha value is -0.580. The smallest absolute Gasteiger partial charge is 0.142 e. The lowest BCUT2D eigenvalue weighted by atomic mass is 10.1. The maximum atomic E-state index is 9.41. The Morgan fingerprint density at radius 1 is 1.31 bits per heavy atom. The van der Waals surface area contributed by atoms with Crippen molar-refractivity contribution >= 4 is 0 Å². The molecule has 0 amide bonds. The summed E-state index contributed by atoms with van der Waals surface area (Å²) >= 11 is 0. The maximum absolute atomic E-state index is 9.41. The molecule has 3 unspecified atom stereocenters. The second-order valence-corrected chi connectivity index (χ2v) is 2.81. The van der Waals surface area contributed by atoms with Crippen LogP contribution in [0.5, 0.6) is 0 Å². The van der Waals surface area contributed by atoms with Gasteiger partial charge in [-0.05, 0) is 19.9 Å². The van der Waals surface area contributed by atoms with E-state index in [0.29, 0.717) is 0 Å². The first-order valence-corrected chi connectivity index (χ1v) is 4.17. The van der Waals surface area contributed by atoms with Crippen LogP contribution in [0.15, 0.2) is 11.8 Å². The minimum absolute atomic E-state index is 0.0650. The molecule has 0 aliphatic carbocycles. The summed E-state index contributed by atoms with van der Waals surface area (Å²) in [5.41, 5.74) is 0. The first-order valence-electron chi connectivity index (χ1n) is 4.17. The van der Waals surface area contributed by atoms with Crippen molar-refractivity contribution in [2.45, 2.75) is 32.2 Å². The molecule has 0 aliphatic rings. The Morgan fingerprint density at radius 3 is 2.08 bits per heavy atom. The van der Waals surface area contributed by atoms with Crippen LogP contribution in [0.1, 0.15) is 13.8 Å². The highest BCUT2D eigenvalue weighted by Gasteiger charge is 2.28. The van der Waals surface area contributed by atoms with Crippen LogP contribution in [0.25, 0.3) is 0 Å². The molecule has 0 saturated heterocycles. The van der Waals surface area contributed by atoms with Gasteiger partial charge < -0.3 is 19.7 Å². The van der Waals surface area contributed by atoms with E-state index < -0.39 is 18.3 Å². The Morgan fingerprint density at radius 2 is 1.85 bits per heavy atom. The molecule has 3 atom stereocenters. The van der Waals surface area contributed by atoms with E-state index in [1.807, 2.05) is 0 Å². The maximum Gasteiger partial charge on any atom is 0.142 e. The van der Waals surface area contributed by atoms with Crippen LogP contribution in [0.4, 0.5) is 0 Å². The van der Waals surface area contributed by atoms with Crippen molar-refractivity contribution in [3.05, 3.63) is 11.8 Å². The molecule has 0 fully saturated rings. The molecule has 0 heterocycles. The largest absolute Gasteiger partial charge is 0.510 e. The summed E-state index contributed by atoms with van der Waals surface area (Å²) < 4.78 is 10.0. The van der Waals surface area contributed by atoms with Crippen molar-refractivity contribution < 1.29 is 19.7 Å². The zero-order chi connectivity index (χ0) is 10.4. The molecule has 78 valence electrons. The molecule has 0 radical (unpaired) electrons. The summed E-state index contributed by atoms with van der Waals surface area (Å²) in [5.74, 6) is 0.0650. The number of hydrogen-bond acceptors (Lipinski definition) is 4. The average Bonchev–Trinajstić information content (AvgIpc) is 2.12. The minimum atomic E-state index is -0.697. The molecular weight excluding hydrogens is 172 g/mol. The van der Waals surface area contributed by atoms with E-state index in [0.717, 1.165) is 0 Å². The highest BCUT2D eigenvalue weighted by molar-refractivity contribution is 5.01. The molecule has 0 aliphatic heterocycles. The fourth-order valence-electron chi connectivity index (χ4n) is 1.16. The molecule has 0 rings (SSSR count). The van der Waals surface area contributed by atoms with Crippen molar-refractivity contribution in [1.29, 1.82) is 0 Å². The first kappa shape index (κ1) is 12.4. The third-order valence-corrected chi connectivity index (χ3v) is 1.89. The zero-order valence-corrected chi connectivity index (χ0v) is 8.52. The van der Waals surface area contributed by atoms with Crippen molar-refractivity contribution in [1.82, 2.24) is 0 Å². The lowest BCUT2D eigenvalue weighted by Gasteiger charge is -2.26.